The normalized spacial score (nSPS) is 31.2. The second-order valence-electron chi connectivity index (χ2n) is 6.11. The molecule has 0 aliphatic carbocycles. The van der Waals surface area contributed by atoms with Gasteiger partial charge in [-0.2, -0.15) is 8.42 Å². The molecule has 2 atom stereocenters. The highest BCUT2D eigenvalue weighted by Crippen LogP contribution is 2.16. The Kier molecular flexibility index (Phi) is 10.4. The summed E-state index contributed by atoms with van der Waals surface area (Å²) >= 11 is 0. The maximum Gasteiger partial charge on any atom is 0.394 e. The van der Waals surface area contributed by atoms with Crippen molar-refractivity contribution in [1.82, 2.24) is 10.6 Å². The molecular weight excluding hydrogens is 324 g/mol. The summed E-state index contributed by atoms with van der Waals surface area (Å²) in [6.07, 6.45) is 2.19. The van der Waals surface area contributed by atoms with Gasteiger partial charge in [-0.05, 0) is 26.7 Å². The van der Waals surface area contributed by atoms with E-state index in [4.69, 9.17) is 27.0 Å². The standard InChI is InChI=1S/2C7H15NO.H2O4S/c2*1-3-7(2)6-8-4-5-9-7;1-5(2,3)4/h2*8H,3-6H2,1-2H3;(H2,1,2,3,4). The third-order valence-electron chi connectivity index (χ3n) is 3.95. The Morgan fingerprint density at radius 3 is 1.35 bits per heavy atom. The van der Waals surface area contributed by atoms with Gasteiger partial charge < -0.3 is 20.1 Å². The first-order valence-electron chi connectivity index (χ1n) is 7.93. The second-order valence-corrected chi connectivity index (χ2v) is 7.00. The van der Waals surface area contributed by atoms with Gasteiger partial charge in [-0.1, -0.05) is 13.8 Å². The first kappa shape index (κ1) is 22.7. The molecule has 0 aromatic heterocycles. The van der Waals surface area contributed by atoms with Gasteiger partial charge in [0.1, 0.15) is 0 Å². The lowest BCUT2D eigenvalue weighted by atomic mass is 10.0. The van der Waals surface area contributed by atoms with E-state index in [0.717, 1.165) is 52.2 Å². The van der Waals surface area contributed by atoms with Gasteiger partial charge in [0.05, 0.1) is 24.4 Å². The largest absolute Gasteiger partial charge is 0.394 e. The minimum Gasteiger partial charge on any atom is -0.373 e. The van der Waals surface area contributed by atoms with Crippen molar-refractivity contribution in [3.05, 3.63) is 0 Å². The van der Waals surface area contributed by atoms with Crippen LogP contribution in [0.25, 0.3) is 0 Å². The van der Waals surface area contributed by atoms with Gasteiger partial charge in [0, 0.05) is 26.2 Å². The summed E-state index contributed by atoms with van der Waals surface area (Å²) in [5.74, 6) is 0. The van der Waals surface area contributed by atoms with Crippen molar-refractivity contribution in [2.24, 2.45) is 0 Å². The summed E-state index contributed by atoms with van der Waals surface area (Å²) in [7, 11) is -4.67. The zero-order valence-electron chi connectivity index (χ0n) is 14.6. The van der Waals surface area contributed by atoms with Crippen molar-refractivity contribution in [2.75, 3.05) is 39.4 Å². The van der Waals surface area contributed by atoms with Gasteiger partial charge in [-0.25, -0.2) is 0 Å². The Hall–Kier alpha value is -0.290. The number of hydrogen-bond donors (Lipinski definition) is 4. The van der Waals surface area contributed by atoms with Crippen LogP contribution in [0.15, 0.2) is 0 Å². The van der Waals surface area contributed by atoms with E-state index in [1.54, 1.807) is 0 Å². The summed E-state index contributed by atoms with van der Waals surface area (Å²) in [5.41, 5.74) is 0.219. The molecule has 23 heavy (non-hydrogen) atoms. The molecule has 0 aromatic carbocycles. The minimum absolute atomic E-state index is 0.109. The third kappa shape index (κ3) is 12.8. The average Bonchev–Trinajstić information content (AvgIpc) is 2.48. The van der Waals surface area contributed by atoms with Crippen molar-refractivity contribution < 1.29 is 27.0 Å². The summed E-state index contributed by atoms with van der Waals surface area (Å²) in [6.45, 7) is 14.4. The molecule has 2 aliphatic heterocycles. The Morgan fingerprint density at radius 1 is 0.913 bits per heavy atom. The average molecular weight is 356 g/mol. The van der Waals surface area contributed by atoms with E-state index in [1.807, 2.05) is 0 Å². The van der Waals surface area contributed by atoms with Crippen LogP contribution in [0.3, 0.4) is 0 Å². The Labute approximate surface area is 139 Å². The molecule has 0 saturated carbocycles. The van der Waals surface area contributed by atoms with Crippen LogP contribution in [-0.4, -0.2) is 68.1 Å². The van der Waals surface area contributed by atoms with E-state index in [2.05, 4.69) is 38.3 Å². The Bertz CT molecular complexity index is 371. The second kappa shape index (κ2) is 10.5. The van der Waals surface area contributed by atoms with Crippen molar-refractivity contribution in [3.63, 3.8) is 0 Å². The zero-order valence-corrected chi connectivity index (χ0v) is 15.4. The van der Waals surface area contributed by atoms with Gasteiger partial charge in [0.15, 0.2) is 0 Å². The lowest BCUT2D eigenvalue weighted by molar-refractivity contribution is -0.0546. The molecule has 0 amide bonds. The quantitative estimate of drug-likeness (QED) is 0.539. The number of hydrogen-bond acceptors (Lipinski definition) is 6. The Balaban J connectivity index is 0.000000332. The minimum atomic E-state index is -4.67. The van der Waals surface area contributed by atoms with Crippen LogP contribution < -0.4 is 10.6 Å². The fourth-order valence-corrected chi connectivity index (χ4v) is 2.00. The van der Waals surface area contributed by atoms with E-state index in [-0.39, 0.29) is 11.2 Å². The SMILES string of the molecule is CCC1(C)CNCCO1.CCC1(C)CNCCO1.O=S(=O)(O)O. The number of morpholine rings is 2. The molecule has 0 bridgehead atoms. The van der Waals surface area contributed by atoms with Crippen LogP contribution in [0.1, 0.15) is 40.5 Å². The first-order valence-corrected chi connectivity index (χ1v) is 9.32. The summed E-state index contributed by atoms with van der Waals surface area (Å²) < 4.78 is 42.7. The smallest absolute Gasteiger partial charge is 0.373 e. The number of ether oxygens (including phenoxy) is 2. The maximum absolute atomic E-state index is 8.74. The van der Waals surface area contributed by atoms with Gasteiger partial charge in [0.2, 0.25) is 0 Å². The Morgan fingerprint density at radius 2 is 1.22 bits per heavy atom. The monoisotopic (exact) mass is 356 g/mol. The van der Waals surface area contributed by atoms with Crippen LogP contribution in [-0.2, 0) is 19.9 Å². The highest BCUT2D eigenvalue weighted by atomic mass is 32.3. The molecule has 8 nitrogen and oxygen atoms in total. The van der Waals surface area contributed by atoms with E-state index >= 15 is 0 Å². The van der Waals surface area contributed by atoms with Gasteiger partial charge in [-0.3, -0.25) is 9.11 Å². The van der Waals surface area contributed by atoms with E-state index in [0.29, 0.717) is 0 Å². The van der Waals surface area contributed by atoms with Gasteiger partial charge in [0.25, 0.3) is 0 Å². The zero-order chi connectivity index (χ0) is 18.0. The topological polar surface area (TPSA) is 117 Å². The van der Waals surface area contributed by atoms with E-state index < -0.39 is 10.4 Å². The van der Waals surface area contributed by atoms with E-state index in [1.165, 1.54) is 0 Å². The summed E-state index contributed by atoms with van der Waals surface area (Å²) in [6, 6.07) is 0. The lowest BCUT2D eigenvalue weighted by Gasteiger charge is -2.33. The highest BCUT2D eigenvalue weighted by molar-refractivity contribution is 7.79. The molecule has 0 spiro atoms. The molecule has 2 rings (SSSR count). The number of nitrogens with one attached hydrogen (secondary N) is 2. The summed E-state index contributed by atoms with van der Waals surface area (Å²) in [4.78, 5) is 0. The predicted octanol–water partition coefficient (Wildman–Crippen LogP) is 0.897. The highest BCUT2D eigenvalue weighted by Gasteiger charge is 2.25. The predicted molar refractivity (Wildman–Crippen MR) is 89.2 cm³/mol. The molecule has 2 fully saturated rings. The van der Waals surface area contributed by atoms with Crippen molar-refractivity contribution in [3.8, 4) is 0 Å². The van der Waals surface area contributed by atoms with Crippen molar-refractivity contribution >= 4 is 10.4 Å². The number of rotatable bonds is 2. The van der Waals surface area contributed by atoms with Gasteiger partial charge in [-0.15, -0.1) is 0 Å². The lowest BCUT2D eigenvalue weighted by Crippen LogP contribution is -2.47. The van der Waals surface area contributed by atoms with Crippen molar-refractivity contribution in [1.29, 1.82) is 0 Å². The maximum atomic E-state index is 8.74. The fourth-order valence-electron chi connectivity index (χ4n) is 2.00. The van der Waals surface area contributed by atoms with Crippen molar-refractivity contribution in [2.45, 2.75) is 51.7 Å². The molecule has 2 aliphatic rings. The molecule has 4 N–H and O–H groups in total. The molecular formula is C14H32N2O6S. The molecule has 0 aromatic rings. The van der Waals surface area contributed by atoms with Gasteiger partial charge >= 0.3 is 10.4 Å². The molecule has 2 heterocycles. The molecule has 2 saturated heterocycles. The third-order valence-corrected chi connectivity index (χ3v) is 3.95. The van der Waals surface area contributed by atoms with Crippen LogP contribution in [0.5, 0.6) is 0 Å². The molecule has 9 heteroatoms. The summed E-state index contributed by atoms with van der Waals surface area (Å²) in [5, 5.41) is 6.60. The fraction of sp³-hybridized carbons (Fsp3) is 1.00. The molecule has 2 unspecified atom stereocenters. The molecule has 140 valence electrons. The first-order chi connectivity index (χ1) is 10.5. The van der Waals surface area contributed by atoms with E-state index in [9.17, 15) is 0 Å². The van der Waals surface area contributed by atoms with Crippen LogP contribution >= 0.6 is 0 Å². The van der Waals surface area contributed by atoms with Crippen LogP contribution in [0.2, 0.25) is 0 Å². The van der Waals surface area contributed by atoms with Crippen LogP contribution in [0.4, 0.5) is 0 Å². The molecule has 0 radical (unpaired) electrons. The van der Waals surface area contributed by atoms with Crippen LogP contribution in [0, 0.1) is 0 Å².